The minimum absolute atomic E-state index is 0.149. The molecule has 0 bridgehead atoms. The Morgan fingerprint density at radius 2 is 2.53 bits per heavy atom. The summed E-state index contributed by atoms with van der Waals surface area (Å²) in [5.41, 5.74) is 6.65. The third kappa shape index (κ3) is 2.66. The zero-order valence-electron chi connectivity index (χ0n) is 10.2. The summed E-state index contributed by atoms with van der Waals surface area (Å²) in [4.78, 5) is 14.1. The van der Waals surface area contributed by atoms with Crippen LogP contribution in [-0.2, 0) is 11.2 Å². The molecule has 1 amide bonds. The van der Waals surface area contributed by atoms with E-state index in [4.69, 9.17) is 5.73 Å². The van der Waals surface area contributed by atoms with Crippen molar-refractivity contribution in [3.63, 3.8) is 0 Å². The Balaban J connectivity index is 2.02. The van der Waals surface area contributed by atoms with E-state index in [1.54, 1.807) is 6.20 Å². The van der Waals surface area contributed by atoms with E-state index in [1.165, 1.54) is 0 Å². The highest BCUT2D eigenvalue weighted by molar-refractivity contribution is 5.78. The van der Waals surface area contributed by atoms with Gasteiger partial charge >= 0.3 is 0 Å². The smallest absolute Gasteiger partial charge is 0.228 e. The largest absolute Gasteiger partial charge is 0.338 e. The number of amides is 1. The minimum Gasteiger partial charge on any atom is -0.338 e. The molecule has 5 heteroatoms. The first-order chi connectivity index (χ1) is 8.22. The number of likely N-dealkylation sites (tertiary alicyclic amines) is 1. The molecule has 5 nitrogen and oxygen atoms in total. The predicted molar refractivity (Wildman–Crippen MR) is 65.2 cm³/mol. The predicted octanol–water partition coefficient (Wildman–Crippen LogP) is 0.538. The Kier molecular flexibility index (Phi) is 3.78. The van der Waals surface area contributed by atoms with E-state index < -0.39 is 0 Å². The molecule has 2 atom stereocenters. The van der Waals surface area contributed by atoms with E-state index >= 15 is 0 Å². The van der Waals surface area contributed by atoms with Crippen molar-refractivity contribution in [3.8, 4) is 0 Å². The van der Waals surface area contributed by atoms with E-state index in [2.05, 4.69) is 17.1 Å². The molecule has 2 unspecified atom stereocenters. The number of hydrogen-bond donors (Lipinski definition) is 2. The molecule has 17 heavy (non-hydrogen) atoms. The lowest BCUT2D eigenvalue weighted by molar-refractivity contribution is -0.135. The minimum atomic E-state index is 0.149. The van der Waals surface area contributed by atoms with E-state index in [0.29, 0.717) is 18.9 Å². The van der Waals surface area contributed by atoms with Crippen LogP contribution < -0.4 is 5.73 Å². The Morgan fingerprint density at radius 1 is 1.71 bits per heavy atom. The van der Waals surface area contributed by atoms with Gasteiger partial charge in [0.25, 0.3) is 0 Å². The van der Waals surface area contributed by atoms with Gasteiger partial charge in [-0.15, -0.1) is 0 Å². The number of nitrogens with one attached hydrogen (secondary N) is 1. The van der Waals surface area contributed by atoms with Gasteiger partial charge in [0.2, 0.25) is 5.91 Å². The molecule has 2 rings (SSSR count). The average Bonchev–Trinajstić information content (AvgIpc) is 2.81. The SMILES string of the molecule is CC1CCCN(C(=O)Cc2ccn[nH]2)C1CN. The van der Waals surface area contributed by atoms with Crippen molar-refractivity contribution < 1.29 is 4.79 Å². The topological polar surface area (TPSA) is 75.0 Å². The van der Waals surface area contributed by atoms with Crippen LogP contribution in [0, 0.1) is 5.92 Å². The molecule has 0 aromatic carbocycles. The van der Waals surface area contributed by atoms with Crippen molar-refractivity contribution in [1.82, 2.24) is 15.1 Å². The fourth-order valence-electron chi connectivity index (χ4n) is 2.57. The summed E-state index contributed by atoms with van der Waals surface area (Å²) in [6, 6.07) is 2.03. The van der Waals surface area contributed by atoms with Gasteiger partial charge in [0.05, 0.1) is 6.42 Å². The molecule has 0 saturated carbocycles. The average molecular weight is 236 g/mol. The van der Waals surface area contributed by atoms with Gasteiger partial charge in [-0.1, -0.05) is 6.92 Å². The van der Waals surface area contributed by atoms with Crippen molar-refractivity contribution in [2.75, 3.05) is 13.1 Å². The van der Waals surface area contributed by atoms with Gasteiger partial charge in [0.1, 0.15) is 0 Å². The summed E-state index contributed by atoms with van der Waals surface area (Å²) in [5.74, 6) is 0.649. The summed E-state index contributed by atoms with van der Waals surface area (Å²) in [6.45, 7) is 3.56. The molecule has 0 radical (unpaired) electrons. The summed E-state index contributed by atoms with van der Waals surface area (Å²) in [6.07, 6.45) is 4.30. The molecule has 1 fully saturated rings. The molecule has 1 aliphatic rings. The number of rotatable bonds is 3. The van der Waals surface area contributed by atoms with Crippen LogP contribution in [0.15, 0.2) is 12.3 Å². The molecule has 0 spiro atoms. The van der Waals surface area contributed by atoms with Gasteiger partial charge in [0, 0.05) is 31.0 Å². The first kappa shape index (κ1) is 12.1. The van der Waals surface area contributed by atoms with E-state index in [9.17, 15) is 4.79 Å². The fourth-order valence-corrected chi connectivity index (χ4v) is 2.57. The maximum atomic E-state index is 12.2. The van der Waals surface area contributed by atoms with Crippen LogP contribution in [0.2, 0.25) is 0 Å². The molecule has 0 aliphatic carbocycles. The van der Waals surface area contributed by atoms with Gasteiger partial charge in [-0.25, -0.2) is 0 Å². The van der Waals surface area contributed by atoms with Crippen LogP contribution in [0.3, 0.4) is 0 Å². The number of piperidine rings is 1. The summed E-state index contributed by atoms with van der Waals surface area (Å²) in [7, 11) is 0. The lowest BCUT2D eigenvalue weighted by atomic mass is 9.90. The Bertz CT molecular complexity index is 363. The lowest BCUT2D eigenvalue weighted by Gasteiger charge is -2.39. The van der Waals surface area contributed by atoms with E-state index in [1.807, 2.05) is 11.0 Å². The van der Waals surface area contributed by atoms with E-state index in [0.717, 1.165) is 25.1 Å². The maximum absolute atomic E-state index is 12.2. The summed E-state index contributed by atoms with van der Waals surface area (Å²) < 4.78 is 0. The summed E-state index contributed by atoms with van der Waals surface area (Å²) >= 11 is 0. The molecule has 2 heterocycles. The van der Waals surface area contributed by atoms with Gasteiger partial charge in [-0.05, 0) is 24.8 Å². The number of H-pyrrole nitrogens is 1. The normalized spacial score (nSPS) is 24.9. The van der Waals surface area contributed by atoms with Crippen LogP contribution in [0.1, 0.15) is 25.5 Å². The zero-order chi connectivity index (χ0) is 12.3. The van der Waals surface area contributed by atoms with Crippen molar-refractivity contribution in [1.29, 1.82) is 0 Å². The van der Waals surface area contributed by atoms with Crippen LogP contribution in [0.5, 0.6) is 0 Å². The highest BCUT2D eigenvalue weighted by atomic mass is 16.2. The highest BCUT2D eigenvalue weighted by Gasteiger charge is 2.30. The quantitative estimate of drug-likeness (QED) is 0.804. The third-order valence-corrected chi connectivity index (χ3v) is 3.58. The monoisotopic (exact) mass is 236 g/mol. The molecule has 3 N–H and O–H groups in total. The van der Waals surface area contributed by atoms with E-state index in [-0.39, 0.29) is 11.9 Å². The Hall–Kier alpha value is -1.36. The van der Waals surface area contributed by atoms with Crippen LogP contribution in [0.4, 0.5) is 0 Å². The number of nitrogens with zero attached hydrogens (tertiary/aromatic N) is 2. The van der Waals surface area contributed by atoms with Crippen molar-refractivity contribution >= 4 is 5.91 Å². The summed E-state index contributed by atoms with van der Waals surface area (Å²) in [5, 5.41) is 6.68. The fraction of sp³-hybridized carbons (Fsp3) is 0.667. The first-order valence-corrected chi connectivity index (χ1v) is 6.20. The first-order valence-electron chi connectivity index (χ1n) is 6.20. The highest BCUT2D eigenvalue weighted by Crippen LogP contribution is 2.23. The molecule has 1 aliphatic heterocycles. The number of carbonyl (C=O) groups is 1. The second kappa shape index (κ2) is 5.31. The van der Waals surface area contributed by atoms with Gasteiger partial charge in [-0.3, -0.25) is 9.89 Å². The van der Waals surface area contributed by atoms with Crippen molar-refractivity contribution in [3.05, 3.63) is 18.0 Å². The Labute approximate surface area is 101 Å². The molecule has 1 aromatic rings. The van der Waals surface area contributed by atoms with Crippen LogP contribution in [-0.4, -0.2) is 40.1 Å². The van der Waals surface area contributed by atoms with Gasteiger partial charge < -0.3 is 10.6 Å². The number of carbonyl (C=O) groups excluding carboxylic acids is 1. The van der Waals surface area contributed by atoms with Gasteiger partial charge in [0.15, 0.2) is 0 Å². The van der Waals surface area contributed by atoms with Crippen LogP contribution >= 0.6 is 0 Å². The molecule has 1 saturated heterocycles. The lowest BCUT2D eigenvalue weighted by Crippen LogP contribution is -2.51. The van der Waals surface area contributed by atoms with Crippen molar-refractivity contribution in [2.45, 2.75) is 32.2 Å². The maximum Gasteiger partial charge on any atom is 0.228 e. The molecular formula is C12H20N4O. The van der Waals surface area contributed by atoms with Crippen molar-refractivity contribution in [2.24, 2.45) is 11.7 Å². The molecule has 94 valence electrons. The number of aromatic nitrogens is 2. The number of nitrogens with two attached hydrogens (primary N) is 1. The van der Waals surface area contributed by atoms with Gasteiger partial charge in [-0.2, -0.15) is 5.10 Å². The van der Waals surface area contributed by atoms with Crippen LogP contribution in [0.25, 0.3) is 0 Å². The zero-order valence-corrected chi connectivity index (χ0v) is 10.2. The third-order valence-electron chi connectivity index (χ3n) is 3.58. The standard InChI is InChI=1S/C12H20N4O/c1-9-3-2-6-16(11(9)8-13)12(17)7-10-4-5-14-15-10/h4-5,9,11H,2-3,6-8,13H2,1H3,(H,14,15). The second-order valence-electron chi connectivity index (χ2n) is 4.77. The Morgan fingerprint density at radius 3 is 3.18 bits per heavy atom. The molecular weight excluding hydrogens is 216 g/mol. The number of aromatic amines is 1. The molecule has 1 aromatic heterocycles. The number of hydrogen-bond acceptors (Lipinski definition) is 3. The second-order valence-corrected chi connectivity index (χ2v) is 4.77.